The van der Waals surface area contributed by atoms with Crippen molar-refractivity contribution in [2.24, 2.45) is 17.6 Å². The lowest BCUT2D eigenvalue weighted by Crippen LogP contribution is -2.31. The van der Waals surface area contributed by atoms with Crippen molar-refractivity contribution in [3.63, 3.8) is 0 Å². The first kappa shape index (κ1) is 22.0. The van der Waals surface area contributed by atoms with Crippen LogP contribution in [0.5, 0.6) is 0 Å². The molecule has 1 amide bonds. The maximum Gasteiger partial charge on any atom is 0.250 e. The molecular formula is C22H30N4O4. The summed E-state index contributed by atoms with van der Waals surface area (Å²) in [6.07, 6.45) is 0.763. The van der Waals surface area contributed by atoms with Crippen molar-refractivity contribution < 1.29 is 19.1 Å². The highest BCUT2D eigenvalue weighted by Crippen LogP contribution is 2.33. The zero-order valence-corrected chi connectivity index (χ0v) is 18.2. The Labute approximate surface area is 176 Å². The van der Waals surface area contributed by atoms with Gasteiger partial charge in [0.1, 0.15) is 0 Å². The number of hydrogen-bond donors (Lipinski definition) is 2. The number of amides is 1. The van der Waals surface area contributed by atoms with Gasteiger partial charge in [0.05, 0.1) is 47.5 Å². The van der Waals surface area contributed by atoms with E-state index in [1.807, 2.05) is 24.6 Å². The van der Waals surface area contributed by atoms with E-state index in [1.165, 1.54) is 0 Å². The van der Waals surface area contributed by atoms with E-state index in [0.29, 0.717) is 30.0 Å². The van der Waals surface area contributed by atoms with Gasteiger partial charge in [0.25, 0.3) is 5.91 Å². The largest absolute Gasteiger partial charge is 0.382 e. The van der Waals surface area contributed by atoms with Crippen molar-refractivity contribution in [1.82, 2.24) is 9.78 Å². The van der Waals surface area contributed by atoms with Gasteiger partial charge in [-0.05, 0) is 37.5 Å². The molecule has 3 N–H and O–H groups in total. The Morgan fingerprint density at radius 3 is 2.57 bits per heavy atom. The smallest absolute Gasteiger partial charge is 0.250 e. The zero-order valence-electron chi connectivity index (χ0n) is 18.2. The number of Topliss-reactive ketones (excluding diaryl/α,β-unsaturated/α-hetero) is 1. The van der Waals surface area contributed by atoms with Crippen LogP contribution in [0.2, 0.25) is 0 Å². The number of carbonyl (C=O) groups is 2. The van der Waals surface area contributed by atoms with Crippen LogP contribution in [0.25, 0.3) is 5.69 Å². The minimum absolute atomic E-state index is 0.0211. The van der Waals surface area contributed by atoms with E-state index >= 15 is 0 Å². The number of carbonyl (C=O) groups excluding carboxylic acids is 2. The van der Waals surface area contributed by atoms with Crippen molar-refractivity contribution in [3.8, 4) is 5.69 Å². The van der Waals surface area contributed by atoms with E-state index in [1.54, 1.807) is 26.4 Å². The predicted molar refractivity (Wildman–Crippen MR) is 114 cm³/mol. The van der Waals surface area contributed by atoms with E-state index in [2.05, 4.69) is 17.3 Å². The van der Waals surface area contributed by atoms with Gasteiger partial charge in [-0.25, -0.2) is 4.68 Å². The highest BCUT2D eigenvalue weighted by atomic mass is 16.5. The Bertz CT molecular complexity index is 947. The lowest BCUT2D eigenvalue weighted by atomic mass is 9.79. The second-order valence-corrected chi connectivity index (χ2v) is 8.00. The molecule has 0 saturated carbocycles. The standard InChI is InChI=1S/C22H30N4O4/c1-12-8-19-20(21(27)13(12)2)14(3)25-26(19)16-6-7-17(22(23)28)18(9-16)24-15(10-29-4)11-30-5/h6-7,9,12-13,15,24H,8,10-11H2,1-5H3,(H2,23,28)/t12-,13?/m0/s1. The van der Waals surface area contributed by atoms with Gasteiger partial charge < -0.3 is 20.5 Å². The summed E-state index contributed by atoms with van der Waals surface area (Å²) < 4.78 is 12.3. The van der Waals surface area contributed by atoms with Crippen molar-refractivity contribution in [2.45, 2.75) is 33.2 Å². The Morgan fingerprint density at radius 1 is 1.30 bits per heavy atom. The molecule has 0 saturated heterocycles. The van der Waals surface area contributed by atoms with Gasteiger partial charge in [-0.15, -0.1) is 0 Å². The summed E-state index contributed by atoms with van der Waals surface area (Å²) in [4.78, 5) is 24.8. The van der Waals surface area contributed by atoms with Crippen LogP contribution >= 0.6 is 0 Å². The molecule has 2 aromatic rings. The second kappa shape index (κ2) is 8.97. The lowest BCUT2D eigenvalue weighted by molar-refractivity contribution is 0.0874. The minimum Gasteiger partial charge on any atom is -0.382 e. The van der Waals surface area contributed by atoms with E-state index < -0.39 is 5.91 Å². The SMILES string of the molecule is COCC(COC)Nc1cc(-n2nc(C)c3c2C[C@H](C)C(C)C3=O)ccc1C(N)=O. The van der Waals surface area contributed by atoms with Crippen LogP contribution in [0.15, 0.2) is 18.2 Å². The normalized spacial score (nSPS) is 18.5. The summed E-state index contributed by atoms with van der Waals surface area (Å²) in [7, 11) is 3.21. The van der Waals surface area contributed by atoms with Gasteiger partial charge in [0.15, 0.2) is 5.78 Å². The number of fused-ring (bicyclic) bond motifs is 1. The molecule has 8 heteroatoms. The molecule has 0 aliphatic heterocycles. The van der Waals surface area contributed by atoms with Gasteiger partial charge >= 0.3 is 0 Å². The number of ether oxygens (including phenoxy) is 2. The quantitative estimate of drug-likeness (QED) is 0.686. The molecular weight excluding hydrogens is 384 g/mol. The molecule has 1 aliphatic rings. The molecule has 1 heterocycles. The number of ketones is 1. The van der Waals surface area contributed by atoms with Crippen LogP contribution < -0.4 is 11.1 Å². The Balaban J connectivity index is 2.06. The molecule has 8 nitrogen and oxygen atoms in total. The van der Waals surface area contributed by atoms with Gasteiger partial charge in [0.2, 0.25) is 0 Å². The number of aryl methyl sites for hydroxylation is 1. The maximum absolute atomic E-state index is 12.8. The van der Waals surface area contributed by atoms with Crippen LogP contribution in [-0.4, -0.2) is 54.9 Å². The summed E-state index contributed by atoms with van der Waals surface area (Å²) in [6, 6.07) is 5.14. The minimum atomic E-state index is -0.533. The molecule has 0 spiro atoms. The maximum atomic E-state index is 12.8. The van der Waals surface area contributed by atoms with E-state index in [0.717, 1.165) is 23.5 Å². The number of hydrogen-bond acceptors (Lipinski definition) is 6. The molecule has 1 aliphatic carbocycles. The van der Waals surface area contributed by atoms with Gasteiger partial charge in [-0.2, -0.15) is 5.10 Å². The Kier molecular flexibility index (Phi) is 6.58. The fourth-order valence-electron chi connectivity index (χ4n) is 4.02. The van der Waals surface area contributed by atoms with Crippen LogP contribution in [0.1, 0.15) is 46.0 Å². The lowest BCUT2D eigenvalue weighted by Gasteiger charge is -2.25. The second-order valence-electron chi connectivity index (χ2n) is 8.00. The molecule has 0 fully saturated rings. The summed E-state index contributed by atoms with van der Waals surface area (Å²) in [5.74, 6) is -0.184. The summed E-state index contributed by atoms with van der Waals surface area (Å²) in [5, 5.41) is 7.95. The molecule has 162 valence electrons. The molecule has 1 unspecified atom stereocenters. The molecule has 3 rings (SSSR count). The highest BCUT2D eigenvalue weighted by Gasteiger charge is 2.34. The summed E-state index contributed by atoms with van der Waals surface area (Å²) >= 11 is 0. The average molecular weight is 415 g/mol. The summed E-state index contributed by atoms with van der Waals surface area (Å²) in [6.45, 7) is 6.72. The highest BCUT2D eigenvalue weighted by molar-refractivity contribution is 6.01. The van der Waals surface area contributed by atoms with E-state index in [-0.39, 0.29) is 23.7 Å². The number of nitrogens with zero attached hydrogens (tertiary/aromatic N) is 2. The number of nitrogens with two attached hydrogens (primary N) is 1. The fourth-order valence-corrected chi connectivity index (χ4v) is 4.02. The van der Waals surface area contributed by atoms with E-state index in [9.17, 15) is 9.59 Å². The predicted octanol–water partition coefficient (Wildman–Crippen LogP) is 2.36. The first-order chi connectivity index (χ1) is 14.3. The van der Waals surface area contributed by atoms with Gasteiger partial charge in [-0.3, -0.25) is 9.59 Å². The number of benzene rings is 1. The third kappa shape index (κ3) is 4.11. The van der Waals surface area contributed by atoms with Crippen LogP contribution in [0, 0.1) is 18.8 Å². The van der Waals surface area contributed by atoms with Crippen molar-refractivity contribution in [3.05, 3.63) is 40.7 Å². The number of primary amides is 1. The first-order valence-corrected chi connectivity index (χ1v) is 10.1. The van der Waals surface area contributed by atoms with Crippen LogP contribution in [0.3, 0.4) is 0 Å². The van der Waals surface area contributed by atoms with Gasteiger partial charge in [-0.1, -0.05) is 13.8 Å². The number of nitrogens with one attached hydrogen (secondary N) is 1. The first-order valence-electron chi connectivity index (χ1n) is 10.1. The fraction of sp³-hybridized carbons (Fsp3) is 0.500. The summed E-state index contributed by atoms with van der Waals surface area (Å²) in [5.41, 5.74) is 9.63. The van der Waals surface area contributed by atoms with Crippen LogP contribution in [-0.2, 0) is 15.9 Å². The Morgan fingerprint density at radius 2 is 1.97 bits per heavy atom. The molecule has 2 atom stereocenters. The molecule has 1 aromatic carbocycles. The number of aromatic nitrogens is 2. The van der Waals surface area contributed by atoms with E-state index in [4.69, 9.17) is 15.2 Å². The zero-order chi connectivity index (χ0) is 22.0. The number of methoxy groups -OCH3 is 2. The van der Waals surface area contributed by atoms with Crippen molar-refractivity contribution in [1.29, 1.82) is 0 Å². The number of anilines is 1. The molecule has 0 bridgehead atoms. The van der Waals surface area contributed by atoms with Crippen LogP contribution in [0.4, 0.5) is 5.69 Å². The Hall–Kier alpha value is -2.71. The van der Waals surface area contributed by atoms with Crippen molar-refractivity contribution in [2.75, 3.05) is 32.8 Å². The average Bonchev–Trinajstić information content (AvgIpc) is 3.02. The topological polar surface area (TPSA) is 108 Å². The molecule has 1 aromatic heterocycles. The third-order valence-corrected chi connectivity index (χ3v) is 5.79. The molecule has 0 radical (unpaired) electrons. The number of rotatable bonds is 8. The molecule has 30 heavy (non-hydrogen) atoms. The third-order valence-electron chi connectivity index (χ3n) is 5.79. The van der Waals surface area contributed by atoms with Crippen molar-refractivity contribution >= 4 is 17.4 Å². The van der Waals surface area contributed by atoms with Gasteiger partial charge in [0, 0.05) is 25.8 Å². The monoisotopic (exact) mass is 414 g/mol.